The number of aliphatic hydroxyl groups excluding tert-OH is 1. The molecule has 0 aromatic carbocycles. The number of nitrogens with zero attached hydrogens (tertiary/aromatic N) is 4. The quantitative estimate of drug-likeness (QED) is 0.577. The van der Waals surface area contributed by atoms with E-state index >= 15 is 0 Å². The van der Waals surface area contributed by atoms with Crippen LogP contribution in [0.1, 0.15) is 88.0 Å². The van der Waals surface area contributed by atoms with Crippen LogP contribution in [0.15, 0.2) is 18.6 Å². The molecule has 2 N–H and O–H groups in total. The van der Waals surface area contributed by atoms with Gasteiger partial charge in [-0.15, -0.1) is 0 Å². The van der Waals surface area contributed by atoms with E-state index in [1.807, 2.05) is 20.8 Å². The number of hydrogen-bond donors (Lipinski definition) is 2. The van der Waals surface area contributed by atoms with E-state index in [1.165, 1.54) is 18.6 Å². The van der Waals surface area contributed by atoms with Crippen molar-refractivity contribution in [3.63, 3.8) is 0 Å². The highest BCUT2D eigenvalue weighted by Gasteiger charge is 2.38. The van der Waals surface area contributed by atoms with E-state index in [0.717, 1.165) is 24.1 Å². The predicted molar refractivity (Wildman–Crippen MR) is 113 cm³/mol. The Bertz CT molecular complexity index is 916. The van der Waals surface area contributed by atoms with E-state index in [9.17, 15) is 15.1 Å². The number of amides is 1. The first-order chi connectivity index (χ1) is 14.0. The van der Waals surface area contributed by atoms with Crippen LogP contribution in [0.25, 0.3) is 5.82 Å². The van der Waals surface area contributed by atoms with Crippen molar-refractivity contribution in [2.24, 2.45) is 11.3 Å². The number of carbonyl (C=O) groups is 1. The summed E-state index contributed by atoms with van der Waals surface area (Å²) in [5.41, 5.74) is 1.94. The zero-order chi connectivity index (χ0) is 22.2. The zero-order valence-corrected chi connectivity index (χ0v) is 18.7. The molecule has 2 aromatic rings. The average molecular weight is 416 g/mol. The smallest absolute Gasteiger partial charge is 0.272 e. The molecule has 0 radical (unpaired) electrons. The van der Waals surface area contributed by atoms with Gasteiger partial charge in [0.05, 0.1) is 24.5 Å². The average Bonchev–Trinajstić information content (AvgIpc) is 3.06. The number of nitrogens with one attached hydrogen (secondary N) is 1. The Kier molecular flexibility index (Phi) is 6.17. The Hall–Kier alpha value is -2.48. The minimum atomic E-state index is -0.399. The Morgan fingerprint density at radius 3 is 2.67 bits per heavy atom. The van der Waals surface area contributed by atoms with Gasteiger partial charge in [-0.25, -0.2) is 9.67 Å². The molecule has 8 heteroatoms. The second-order valence-corrected chi connectivity index (χ2v) is 9.74. The van der Waals surface area contributed by atoms with Crippen LogP contribution >= 0.6 is 0 Å². The summed E-state index contributed by atoms with van der Waals surface area (Å²) in [4.78, 5) is 17.6. The second-order valence-electron chi connectivity index (χ2n) is 9.74. The van der Waals surface area contributed by atoms with Gasteiger partial charge in [-0.3, -0.25) is 4.79 Å². The monoisotopic (exact) mass is 415 g/mol. The Morgan fingerprint density at radius 2 is 2.10 bits per heavy atom. The van der Waals surface area contributed by atoms with Gasteiger partial charge in [-0.1, -0.05) is 41.5 Å². The van der Waals surface area contributed by atoms with Gasteiger partial charge in [0.25, 0.3) is 5.91 Å². The lowest BCUT2D eigenvalue weighted by Gasteiger charge is -2.31. The van der Waals surface area contributed by atoms with E-state index < -0.39 is 6.04 Å². The molecule has 2 aromatic heterocycles. The molecule has 3 atom stereocenters. The van der Waals surface area contributed by atoms with Crippen molar-refractivity contribution in [3.8, 4) is 5.82 Å². The summed E-state index contributed by atoms with van der Waals surface area (Å²) in [6.45, 7) is 12.2. The number of rotatable bonds is 5. The summed E-state index contributed by atoms with van der Waals surface area (Å²) in [7, 11) is 0. The molecular weight excluding hydrogens is 382 g/mol. The topological polar surface area (TPSA) is 107 Å². The molecule has 1 unspecified atom stereocenters. The largest absolute Gasteiger partial charge is 0.619 e. The van der Waals surface area contributed by atoms with Gasteiger partial charge in [-0.2, -0.15) is 9.83 Å². The third-order valence-corrected chi connectivity index (χ3v) is 6.15. The first kappa shape index (κ1) is 22.2. The number of carbonyl (C=O) groups excluding carboxylic acids is 1. The summed E-state index contributed by atoms with van der Waals surface area (Å²) in [5, 5.41) is 29.3. The summed E-state index contributed by atoms with van der Waals surface area (Å²) >= 11 is 0. The Morgan fingerprint density at radius 1 is 1.40 bits per heavy atom. The maximum atomic E-state index is 13.3. The predicted octanol–water partition coefficient (Wildman–Crippen LogP) is 2.67. The molecule has 0 aliphatic heterocycles. The molecule has 3 rings (SSSR count). The zero-order valence-electron chi connectivity index (χ0n) is 18.7. The van der Waals surface area contributed by atoms with Crippen molar-refractivity contribution in [1.82, 2.24) is 20.1 Å². The lowest BCUT2D eigenvalue weighted by molar-refractivity contribution is -0.605. The van der Waals surface area contributed by atoms with Gasteiger partial charge in [-0.05, 0) is 30.1 Å². The van der Waals surface area contributed by atoms with Crippen molar-refractivity contribution in [3.05, 3.63) is 40.7 Å². The maximum absolute atomic E-state index is 13.3. The van der Waals surface area contributed by atoms with Crippen LogP contribution in [0.4, 0.5) is 0 Å². The molecule has 0 fully saturated rings. The first-order valence-electron chi connectivity index (χ1n) is 10.6. The number of hydrogen-bond acceptors (Lipinski definition) is 5. The summed E-state index contributed by atoms with van der Waals surface area (Å²) in [6.07, 6.45) is 6.09. The fourth-order valence-corrected chi connectivity index (χ4v) is 4.23. The van der Waals surface area contributed by atoms with Gasteiger partial charge in [0.15, 0.2) is 11.9 Å². The van der Waals surface area contributed by atoms with Gasteiger partial charge < -0.3 is 15.6 Å². The molecule has 8 nitrogen and oxygen atoms in total. The Labute approximate surface area is 177 Å². The first-order valence-corrected chi connectivity index (χ1v) is 10.6. The van der Waals surface area contributed by atoms with Crippen LogP contribution in [0.2, 0.25) is 0 Å². The molecule has 0 saturated heterocycles. The fourth-order valence-electron chi connectivity index (χ4n) is 4.23. The minimum Gasteiger partial charge on any atom is -0.619 e. The van der Waals surface area contributed by atoms with Gasteiger partial charge in [0.1, 0.15) is 0 Å². The third kappa shape index (κ3) is 4.19. The van der Waals surface area contributed by atoms with Crippen LogP contribution in [0.5, 0.6) is 0 Å². The highest BCUT2D eigenvalue weighted by molar-refractivity contribution is 5.94. The normalized spacial score (nSPS) is 20.1. The Balaban J connectivity index is 2.15. The molecule has 2 heterocycles. The van der Waals surface area contributed by atoms with Crippen molar-refractivity contribution < 1.29 is 14.6 Å². The molecule has 0 saturated carbocycles. The van der Waals surface area contributed by atoms with Crippen LogP contribution in [0, 0.1) is 16.5 Å². The summed E-state index contributed by atoms with van der Waals surface area (Å²) in [6, 6.07) is -0.399. The molecular formula is C22H33N5O3. The van der Waals surface area contributed by atoms with E-state index in [2.05, 4.69) is 36.2 Å². The van der Waals surface area contributed by atoms with Crippen molar-refractivity contribution in [2.75, 3.05) is 6.61 Å². The van der Waals surface area contributed by atoms with E-state index in [-0.39, 0.29) is 29.8 Å². The van der Waals surface area contributed by atoms with Crippen LogP contribution in [0.3, 0.4) is 0 Å². The van der Waals surface area contributed by atoms with Crippen LogP contribution in [-0.2, 0) is 0 Å². The molecule has 0 spiro atoms. The van der Waals surface area contributed by atoms with Crippen LogP contribution in [-0.4, -0.2) is 38.4 Å². The van der Waals surface area contributed by atoms with Crippen molar-refractivity contribution in [2.45, 2.75) is 72.3 Å². The minimum absolute atomic E-state index is 0.154. The number of fused-ring (bicyclic) bond motifs is 1. The van der Waals surface area contributed by atoms with Crippen molar-refractivity contribution in [1.29, 1.82) is 0 Å². The van der Waals surface area contributed by atoms with Gasteiger partial charge >= 0.3 is 0 Å². The molecule has 0 bridgehead atoms. The second kappa shape index (κ2) is 8.34. The van der Waals surface area contributed by atoms with E-state index in [0.29, 0.717) is 22.2 Å². The lowest BCUT2D eigenvalue weighted by atomic mass is 9.75. The molecule has 1 aliphatic rings. The molecule has 30 heavy (non-hydrogen) atoms. The van der Waals surface area contributed by atoms with E-state index in [1.54, 1.807) is 4.68 Å². The van der Waals surface area contributed by atoms with Gasteiger partial charge in [0, 0.05) is 11.5 Å². The van der Waals surface area contributed by atoms with Crippen molar-refractivity contribution >= 4 is 5.91 Å². The standard InChI is InChI=1S/C22H33N5O3/c1-13(2)15-8-7-14(3)18-19(21(29)24-16(12-28)22(4,5)6)25-27(20(15)18)17-11-26(30)10-9-23-17/h9-11,13-16,28H,7-8,12H2,1-6H3,(H,24,29)/t14-,15?,16-/m1/s1. The number of aromatic nitrogens is 4. The molecule has 164 valence electrons. The SMILES string of the molecule is CC(C)C1CC[C@@H](C)c2c(C(=O)N[C@H](CO)C(C)(C)C)nn(-c3c[n+]([O-])ccn3)c21. The molecule has 1 amide bonds. The highest BCUT2D eigenvalue weighted by Crippen LogP contribution is 2.44. The highest BCUT2D eigenvalue weighted by atomic mass is 16.5. The van der Waals surface area contributed by atoms with Crippen LogP contribution < -0.4 is 10.0 Å². The summed E-state index contributed by atoms with van der Waals surface area (Å²) in [5.74, 6) is 0.821. The lowest BCUT2D eigenvalue weighted by Crippen LogP contribution is -2.46. The van der Waals surface area contributed by atoms with Gasteiger partial charge in [0.2, 0.25) is 12.0 Å². The maximum Gasteiger partial charge on any atom is 0.272 e. The van der Waals surface area contributed by atoms with E-state index in [4.69, 9.17) is 0 Å². The third-order valence-electron chi connectivity index (χ3n) is 6.15. The number of aliphatic hydroxyl groups is 1. The fraction of sp³-hybridized carbons (Fsp3) is 0.636. The molecule has 1 aliphatic carbocycles. The summed E-state index contributed by atoms with van der Waals surface area (Å²) < 4.78 is 2.36.